The van der Waals surface area contributed by atoms with Gasteiger partial charge in [-0.05, 0) is 38.9 Å². The third-order valence-electron chi connectivity index (χ3n) is 3.06. The van der Waals surface area contributed by atoms with E-state index in [-0.39, 0.29) is 0 Å². The number of ether oxygens (including phenoxy) is 1. The van der Waals surface area contributed by atoms with Crippen molar-refractivity contribution in [1.29, 1.82) is 5.26 Å². The second-order valence-corrected chi connectivity index (χ2v) is 4.51. The Morgan fingerprint density at radius 3 is 2.41 bits per heavy atom. The number of benzene rings is 1. The molecule has 92 valence electrons. The first-order chi connectivity index (χ1) is 8.02. The molecule has 1 N–H and O–H groups in total. The molecule has 0 heterocycles. The Bertz CT molecular complexity index is 402. The summed E-state index contributed by atoms with van der Waals surface area (Å²) in [4.78, 5) is 0. The molecule has 0 saturated heterocycles. The molecule has 0 spiro atoms. The Labute approximate surface area is 103 Å². The van der Waals surface area contributed by atoms with E-state index in [0.29, 0.717) is 13.0 Å². The topological polar surface area (TPSA) is 45.0 Å². The van der Waals surface area contributed by atoms with E-state index < -0.39 is 5.54 Å². The third-order valence-corrected chi connectivity index (χ3v) is 3.06. The summed E-state index contributed by atoms with van der Waals surface area (Å²) in [5, 5.41) is 12.0. The van der Waals surface area contributed by atoms with Gasteiger partial charge in [0.25, 0.3) is 0 Å². The van der Waals surface area contributed by atoms with Crippen molar-refractivity contribution in [2.75, 3.05) is 13.7 Å². The molecule has 3 nitrogen and oxygen atoms in total. The van der Waals surface area contributed by atoms with Gasteiger partial charge in [0.05, 0.1) is 12.7 Å². The minimum Gasteiger partial charge on any atom is -0.493 e. The highest BCUT2D eigenvalue weighted by Crippen LogP contribution is 2.23. The molecule has 0 aliphatic carbocycles. The van der Waals surface area contributed by atoms with Crippen LogP contribution in [0.2, 0.25) is 0 Å². The Hall–Kier alpha value is -1.53. The van der Waals surface area contributed by atoms with Crippen LogP contribution in [-0.4, -0.2) is 19.2 Å². The monoisotopic (exact) mass is 232 g/mol. The lowest BCUT2D eigenvalue weighted by Gasteiger charge is -2.21. The normalized spacial score (nSPS) is 13.8. The molecule has 0 amide bonds. The van der Waals surface area contributed by atoms with Gasteiger partial charge in [-0.1, -0.05) is 18.2 Å². The van der Waals surface area contributed by atoms with Crippen molar-refractivity contribution in [3.05, 3.63) is 29.3 Å². The van der Waals surface area contributed by atoms with Crippen molar-refractivity contribution in [1.82, 2.24) is 5.32 Å². The van der Waals surface area contributed by atoms with Gasteiger partial charge < -0.3 is 10.1 Å². The molecule has 17 heavy (non-hydrogen) atoms. The Morgan fingerprint density at radius 2 is 1.94 bits per heavy atom. The summed E-state index contributed by atoms with van der Waals surface area (Å²) in [5.74, 6) is 0.934. The summed E-state index contributed by atoms with van der Waals surface area (Å²) in [5.41, 5.74) is 1.75. The van der Waals surface area contributed by atoms with Crippen LogP contribution < -0.4 is 10.1 Å². The molecule has 0 aromatic heterocycles. The third kappa shape index (κ3) is 3.47. The van der Waals surface area contributed by atoms with Crippen molar-refractivity contribution in [2.45, 2.75) is 32.7 Å². The number of para-hydroxylation sites is 1. The van der Waals surface area contributed by atoms with Crippen molar-refractivity contribution in [2.24, 2.45) is 0 Å². The quantitative estimate of drug-likeness (QED) is 0.848. The van der Waals surface area contributed by atoms with Crippen LogP contribution >= 0.6 is 0 Å². The van der Waals surface area contributed by atoms with Gasteiger partial charge in [0.1, 0.15) is 11.3 Å². The smallest absolute Gasteiger partial charge is 0.125 e. The fourth-order valence-electron chi connectivity index (χ4n) is 1.62. The maximum absolute atomic E-state index is 9.02. The number of hydrogen-bond acceptors (Lipinski definition) is 3. The number of aryl methyl sites for hydroxylation is 2. The van der Waals surface area contributed by atoms with Crippen LogP contribution in [0.5, 0.6) is 5.75 Å². The molecule has 0 aliphatic rings. The minimum absolute atomic E-state index is 0.517. The average Bonchev–Trinajstić information content (AvgIpc) is 2.32. The molecule has 1 aromatic carbocycles. The lowest BCUT2D eigenvalue weighted by molar-refractivity contribution is 0.270. The van der Waals surface area contributed by atoms with Crippen molar-refractivity contribution < 1.29 is 4.74 Å². The van der Waals surface area contributed by atoms with Crippen molar-refractivity contribution in [3.8, 4) is 11.8 Å². The van der Waals surface area contributed by atoms with Crippen LogP contribution in [0.25, 0.3) is 0 Å². The van der Waals surface area contributed by atoms with Crippen LogP contribution in [0.3, 0.4) is 0 Å². The van der Waals surface area contributed by atoms with E-state index in [1.54, 1.807) is 7.05 Å². The van der Waals surface area contributed by atoms with E-state index in [4.69, 9.17) is 10.00 Å². The fraction of sp³-hybridized carbons (Fsp3) is 0.500. The number of hydrogen-bond donors (Lipinski definition) is 1. The van der Waals surface area contributed by atoms with Gasteiger partial charge >= 0.3 is 0 Å². The van der Waals surface area contributed by atoms with Gasteiger partial charge in [-0.15, -0.1) is 0 Å². The van der Waals surface area contributed by atoms with Crippen molar-refractivity contribution >= 4 is 0 Å². The van der Waals surface area contributed by atoms with Crippen molar-refractivity contribution in [3.63, 3.8) is 0 Å². The van der Waals surface area contributed by atoms with Crippen LogP contribution in [0.1, 0.15) is 24.5 Å². The second-order valence-electron chi connectivity index (χ2n) is 4.51. The van der Waals surface area contributed by atoms with E-state index in [0.717, 1.165) is 16.9 Å². The second kappa shape index (κ2) is 5.70. The van der Waals surface area contributed by atoms with Crippen LogP contribution in [0.15, 0.2) is 18.2 Å². The zero-order valence-electron chi connectivity index (χ0n) is 11.0. The lowest BCUT2D eigenvalue weighted by atomic mass is 10.0. The highest BCUT2D eigenvalue weighted by Gasteiger charge is 2.21. The highest BCUT2D eigenvalue weighted by atomic mass is 16.5. The molecule has 0 aliphatic heterocycles. The van der Waals surface area contributed by atoms with Gasteiger partial charge in [0.2, 0.25) is 0 Å². The van der Waals surface area contributed by atoms with E-state index in [9.17, 15) is 0 Å². The number of rotatable bonds is 5. The molecular weight excluding hydrogens is 212 g/mol. The molecule has 1 aromatic rings. The standard InChI is InChI=1S/C14H20N2O/c1-11-6-5-7-12(2)13(11)17-9-8-14(3,10-15)16-4/h5-7,16H,8-9H2,1-4H3. The first-order valence-electron chi connectivity index (χ1n) is 5.81. The van der Waals surface area contributed by atoms with Gasteiger partial charge in [-0.3, -0.25) is 0 Å². The molecule has 0 bridgehead atoms. The number of nitrogens with one attached hydrogen (secondary N) is 1. The average molecular weight is 232 g/mol. The molecule has 0 saturated carbocycles. The predicted octanol–water partition coefficient (Wildman–Crippen LogP) is 2.57. The van der Waals surface area contributed by atoms with Gasteiger partial charge in [-0.25, -0.2) is 0 Å². The number of nitriles is 1. The van der Waals surface area contributed by atoms with Crippen LogP contribution in [0, 0.1) is 25.2 Å². The lowest BCUT2D eigenvalue weighted by Crippen LogP contribution is -2.39. The zero-order chi connectivity index (χ0) is 12.9. The summed E-state index contributed by atoms with van der Waals surface area (Å²) >= 11 is 0. The maximum Gasteiger partial charge on any atom is 0.125 e. The van der Waals surface area contributed by atoms with Gasteiger partial charge in [-0.2, -0.15) is 5.26 Å². The Balaban J connectivity index is 2.61. The first-order valence-corrected chi connectivity index (χ1v) is 5.81. The summed E-state index contributed by atoms with van der Waals surface area (Å²) in [6, 6.07) is 8.33. The summed E-state index contributed by atoms with van der Waals surface area (Å²) in [7, 11) is 1.79. The highest BCUT2D eigenvalue weighted by molar-refractivity contribution is 5.39. The Morgan fingerprint density at radius 1 is 1.35 bits per heavy atom. The van der Waals surface area contributed by atoms with E-state index in [1.165, 1.54) is 0 Å². The molecule has 3 heteroatoms. The summed E-state index contributed by atoms with van der Waals surface area (Å²) < 4.78 is 5.78. The molecular formula is C14H20N2O. The van der Waals surface area contributed by atoms with E-state index >= 15 is 0 Å². The maximum atomic E-state index is 9.02. The van der Waals surface area contributed by atoms with Gasteiger partial charge in [0.15, 0.2) is 0 Å². The molecule has 1 atom stereocenters. The number of nitrogens with zero attached hydrogens (tertiary/aromatic N) is 1. The molecule has 1 unspecified atom stereocenters. The SMILES string of the molecule is CNC(C)(C#N)CCOc1c(C)cccc1C. The van der Waals surface area contributed by atoms with Crippen LogP contribution in [-0.2, 0) is 0 Å². The van der Waals surface area contributed by atoms with E-state index in [1.807, 2.05) is 39.0 Å². The predicted molar refractivity (Wildman–Crippen MR) is 69.1 cm³/mol. The Kier molecular flexibility index (Phi) is 4.53. The molecule has 0 radical (unpaired) electrons. The summed E-state index contributed by atoms with van der Waals surface area (Å²) in [6.45, 7) is 6.48. The van der Waals surface area contributed by atoms with Crippen LogP contribution in [0.4, 0.5) is 0 Å². The molecule has 1 rings (SSSR count). The molecule has 0 fully saturated rings. The summed E-state index contributed by atoms with van der Waals surface area (Å²) in [6.07, 6.45) is 0.660. The van der Waals surface area contributed by atoms with E-state index in [2.05, 4.69) is 11.4 Å². The minimum atomic E-state index is -0.517. The zero-order valence-corrected chi connectivity index (χ0v) is 11.0. The first kappa shape index (κ1) is 13.5. The largest absolute Gasteiger partial charge is 0.493 e. The fourth-order valence-corrected chi connectivity index (χ4v) is 1.62. The van der Waals surface area contributed by atoms with Gasteiger partial charge in [0, 0.05) is 6.42 Å².